The number of imide groups is 1. The van der Waals surface area contributed by atoms with E-state index in [-0.39, 0.29) is 28.5 Å². The maximum absolute atomic E-state index is 13.3. The topological polar surface area (TPSA) is 199 Å². The SMILES string of the molecule is CCOc1c(-c2cn[nH]c2)ccn2nc(Nc3ccc(S(=O)(=O)NCCCN4CC5(CCN(c6ccc7c(c6)CN(C6CCC(=O)NC6=O)C7=O)CC5)C4)cc3C)nc12. The summed E-state index contributed by atoms with van der Waals surface area (Å²) in [5, 5.41) is 17.0. The van der Waals surface area contributed by atoms with Crippen molar-refractivity contribution < 1.29 is 27.5 Å². The molecule has 17 nitrogen and oxygen atoms in total. The fourth-order valence-electron chi connectivity index (χ4n) is 8.92. The number of anilines is 3. The van der Waals surface area contributed by atoms with Crippen LogP contribution in [0.15, 0.2) is 66.0 Å². The predicted octanol–water partition coefficient (Wildman–Crippen LogP) is 3.60. The highest BCUT2D eigenvalue weighted by Crippen LogP contribution is 2.42. The Bertz CT molecular complexity index is 2540. The minimum absolute atomic E-state index is 0.156. The van der Waals surface area contributed by atoms with Crippen molar-refractivity contribution in [2.24, 2.45) is 5.41 Å². The van der Waals surface area contributed by atoms with E-state index in [1.54, 1.807) is 40.0 Å². The van der Waals surface area contributed by atoms with Crippen molar-refractivity contribution in [3.8, 4) is 16.9 Å². The summed E-state index contributed by atoms with van der Waals surface area (Å²) in [7, 11) is -3.71. The summed E-state index contributed by atoms with van der Waals surface area (Å²) in [5.74, 6) is 0.0952. The standard InChI is InChI=1S/C41H47N11O6S/c1-3-58-36-31(28-21-42-43-22-28)11-16-52-37(36)47-40(48-52)45-33-8-6-30(19-26(33)2)59(56,57)44-14-4-15-49-24-41(25-49)12-17-50(18-13-41)29-5-7-32-27(20-29)23-51(39(32)55)34-9-10-35(53)46-38(34)54/h5-8,11,16,19-22,34,44H,3-4,9-10,12-15,17-18,23-25H2,1-2H3,(H,42,43)(H,45,48)(H,46,53,54). The minimum Gasteiger partial charge on any atom is -0.489 e. The van der Waals surface area contributed by atoms with Crippen molar-refractivity contribution in [1.29, 1.82) is 0 Å². The number of ether oxygens (including phenoxy) is 1. The van der Waals surface area contributed by atoms with E-state index in [4.69, 9.17) is 4.74 Å². The molecule has 1 unspecified atom stereocenters. The number of hydrogen-bond acceptors (Lipinski definition) is 12. The Morgan fingerprint density at radius 3 is 2.61 bits per heavy atom. The lowest BCUT2D eigenvalue weighted by atomic mass is 9.72. The number of aromatic nitrogens is 5. The molecule has 3 amide bonds. The maximum Gasteiger partial charge on any atom is 0.255 e. The van der Waals surface area contributed by atoms with Crippen LogP contribution >= 0.6 is 0 Å². The summed E-state index contributed by atoms with van der Waals surface area (Å²) in [5.41, 5.74) is 6.58. The number of nitrogens with one attached hydrogen (secondary N) is 4. The van der Waals surface area contributed by atoms with E-state index in [1.165, 1.54) is 0 Å². The Morgan fingerprint density at radius 1 is 1.03 bits per heavy atom. The zero-order valence-electron chi connectivity index (χ0n) is 33.0. The van der Waals surface area contributed by atoms with Gasteiger partial charge in [0.25, 0.3) is 5.91 Å². The highest BCUT2D eigenvalue weighted by molar-refractivity contribution is 7.89. The molecular formula is C41H47N11O6S. The number of pyridine rings is 1. The molecule has 1 spiro atoms. The number of piperidine rings is 2. The number of carbonyl (C=O) groups excluding carboxylic acids is 3. The molecule has 3 fully saturated rings. The average Bonchev–Trinajstić information content (AvgIpc) is 3.97. The summed E-state index contributed by atoms with van der Waals surface area (Å²) >= 11 is 0. The Balaban J connectivity index is 0.732. The second-order valence-electron chi connectivity index (χ2n) is 16.0. The molecule has 3 aromatic heterocycles. The van der Waals surface area contributed by atoms with E-state index in [2.05, 4.69) is 51.5 Å². The number of H-pyrrole nitrogens is 1. The van der Waals surface area contributed by atoms with Gasteiger partial charge < -0.3 is 24.8 Å². The first-order valence-corrected chi connectivity index (χ1v) is 21.6. The second-order valence-corrected chi connectivity index (χ2v) is 17.7. The van der Waals surface area contributed by atoms with Crippen LogP contribution in [0.25, 0.3) is 16.8 Å². The average molecular weight is 822 g/mol. The number of aryl methyl sites for hydroxylation is 1. The molecule has 3 saturated heterocycles. The number of likely N-dealkylation sites (tertiary alicyclic amines) is 1. The van der Waals surface area contributed by atoms with E-state index in [9.17, 15) is 22.8 Å². The molecular weight excluding hydrogens is 775 g/mol. The molecule has 7 heterocycles. The third-order valence-electron chi connectivity index (χ3n) is 12.1. The van der Waals surface area contributed by atoms with Crippen LogP contribution in [0.3, 0.4) is 0 Å². The van der Waals surface area contributed by atoms with Crippen LogP contribution in [0.1, 0.15) is 60.5 Å². The van der Waals surface area contributed by atoms with Gasteiger partial charge in [-0.05, 0) is 105 Å². The largest absolute Gasteiger partial charge is 0.489 e. The predicted molar refractivity (Wildman–Crippen MR) is 219 cm³/mol. The molecule has 4 aliphatic heterocycles. The van der Waals surface area contributed by atoms with Crippen molar-refractivity contribution in [3.63, 3.8) is 0 Å². The monoisotopic (exact) mass is 821 g/mol. The molecule has 0 aliphatic carbocycles. The van der Waals surface area contributed by atoms with Crippen LogP contribution in [-0.2, 0) is 26.2 Å². The normalized spacial score (nSPS) is 19.3. The van der Waals surface area contributed by atoms with Crippen LogP contribution in [0.4, 0.5) is 17.3 Å². The Morgan fingerprint density at radius 2 is 1.86 bits per heavy atom. The summed E-state index contributed by atoms with van der Waals surface area (Å²) in [4.78, 5) is 48.4. The smallest absolute Gasteiger partial charge is 0.255 e. The molecule has 1 atom stereocenters. The van der Waals surface area contributed by atoms with Gasteiger partial charge in [-0.25, -0.2) is 17.7 Å². The molecule has 5 aromatic rings. The Labute approximate surface area is 341 Å². The highest BCUT2D eigenvalue weighted by Gasteiger charge is 2.45. The molecule has 4 N–H and O–H groups in total. The number of sulfonamides is 1. The quantitative estimate of drug-likeness (QED) is 0.0996. The van der Waals surface area contributed by atoms with E-state index in [1.807, 2.05) is 38.2 Å². The highest BCUT2D eigenvalue weighted by atomic mass is 32.2. The molecule has 4 aliphatic rings. The van der Waals surface area contributed by atoms with Gasteiger partial charge in [-0.3, -0.25) is 24.8 Å². The van der Waals surface area contributed by atoms with Gasteiger partial charge in [0.05, 0.1) is 17.7 Å². The first-order chi connectivity index (χ1) is 28.5. The van der Waals surface area contributed by atoms with Crippen LogP contribution in [0.5, 0.6) is 5.75 Å². The lowest BCUT2D eigenvalue weighted by Gasteiger charge is -2.54. The van der Waals surface area contributed by atoms with Crippen molar-refractivity contribution in [3.05, 3.63) is 77.7 Å². The fraction of sp³-hybridized carbons (Fsp3) is 0.415. The van der Waals surface area contributed by atoms with Gasteiger partial charge in [-0.2, -0.15) is 10.1 Å². The van der Waals surface area contributed by atoms with Gasteiger partial charge in [-0.15, -0.1) is 5.10 Å². The summed E-state index contributed by atoms with van der Waals surface area (Å²) in [6.07, 6.45) is 8.73. The lowest BCUT2D eigenvalue weighted by molar-refractivity contribution is -0.136. The van der Waals surface area contributed by atoms with Crippen molar-refractivity contribution in [2.75, 3.05) is 56.1 Å². The summed E-state index contributed by atoms with van der Waals surface area (Å²) in [6, 6.07) is 12.2. The fourth-order valence-corrected chi connectivity index (χ4v) is 10.1. The number of carbonyl (C=O) groups is 3. The van der Waals surface area contributed by atoms with Crippen molar-refractivity contribution in [2.45, 2.75) is 63.4 Å². The molecule has 18 heteroatoms. The summed E-state index contributed by atoms with van der Waals surface area (Å²) in [6.45, 7) is 9.57. The van der Waals surface area contributed by atoms with E-state index in [0.717, 1.165) is 73.5 Å². The molecule has 308 valence electrons. The van der Waals surface area contributed by atoms with Crippen molar-refractivity contribution in [1.82, 2.24) is 44.6 Å². The van der Waals surface area contributed by atoms with Gasteiger partial charge in [0.15, 0.2) is 11.4 Å². The molecule has 2 aromatic carbocycles. The van der Waals surface area contributed by atoms with Gasteiger partial charge in [-0.1, -0.05) is 0 Å². The van der Waals surface area contributed by atoms with Crippen LogP contribution < -0.4 is 25.0 Å². The first-order valence-electron chi connectivity index (χ1n) is 20.1. The van der Waals surface area contributed by atoms with Gasteiger partial charge >= 0.3 is 0 Å². The number of nitrogens with zero attached hydrogens (tertiary/aromatic N) is 7. The van der Waals surface area contributed by atoms with E-state index in [0.29, 0.717) is 61.1 Å². The Hall–Kier alpha value is -5.85. The second kappa shape index (κ2) is 15.4. The number of rotatable bonds is 13. The lowest BCUT2D eigenvalue weighted by Crippen LogP contribution is -2.60. The van der Waals surface area contributed by atoms with Crippen LogP contribution in [0, 0.1) is 12.3 Å². The molecule has 59 heavy (non-hydrogen) atoms. The van der Waals surface area contributed by atoms with Gasteiger partial charge in [0.2, 0.25) is 27.8 Å². The maximum atomic E-state index is 13.3. The van der Waals surface area contributed by atoms with Crippen molar-refractivity contribution >= 4 is 50.7 Å². The third kappa shape index (κ3) is 7.51. The summed E-state index contributed by atoms with van der Waals surface area (Å²) < 4.78 is 36.9. The molecule has 9 rings (SSSR count). The van der Waals surface area contributed by atoms with Crippen LogP contribution in [-0.4, -0.2) is 113 Å². The van der Waals surface area contributed by atoms with Gasteiger partial charge in [0, 0.05) is 86.1 Å². The van der Waals surface area contributed by atoms with Crippen LogP contribution in [0.2, 0.25) is 0 Å². The zero-order valence-corrected chi connectivity index (χ0v) is 33.8. The minimum atomic E-state index is -3.71. The number of aromatic amines is 1. The van der Waals surface area contributed by atoms with E-state index >= 15 is 0 Å². The number of amides is 3. The number of benzene rings is 2. The third-order valence-corrected chi connectivity index (χ3v) is 13.5. The number of fused-ring (bicyclic) bond motifs is 2. The van der Waals surface area contributed by atoms with E-state index < -0.39 is 22.0 Å². The van der Waals surface area contributed by atoms with Gasteiger partial charge in [0.1, 0.15) is 6.04 Å². The Kier molecular flexibility index (Phi) is 10.1. The zero-order chi connectivity index (χ0) is 40.9. The molecule has 0 radical (unpaired) electrons. The molecule has 0 saturated carbocycles. The first kappa shape index (κ1) is 38.7. The molecule has 0 bridgehead atoms. The number of hydrogen-bond donors (Lipinski definition) is 4.